The highest BCUT2D eigenvalue weighted by atomic mass is 79.9. The fourth-order valence-corrected chi connectivity index (χ4v) is 2.52. The molecule has 2 aromatic rings. The first-order valence-electron chi connectivity index (χ1n) is 5.61. The number of hydrogen-bond acceptors (Lipinski definition) is 2. The Balaban J connectivity index is 1.89. The summed E-state index contributed by atoms with van der Waals surface area (Å²) in [6, 6.07) is 6.15. The maximum Gasteiger partial charge on any atom is 0.148 e. The molecule has 84 valence electrons. The maximum atomic E-state index is 6.10. The lowest BCUT2D eigenvalue weighted by molar-refractivity contribution is 0.587. The molecule has 2 nitrogen and oxygen atoms in total. The van der Waals surface area contributed by atoms with E-state index in [1.807, 2.05) is 18.4 Å². The van der Waals surface area contributed by atoms with Crippen LogP contribution >= 0.6 is 15.9 Å². The van der Waals surface area contributed by atoms with Crippen molar-refractivity contribution in [2.24, 2.45) is 5.73 Å². The fraction of sp³-hybridized carbons (Fsp3) is 0.385. The largest absolute Gasteiger partial charge is 0.463 e. The van der Waals surface area contributed by atoms with Gasteiger partial charge in [-0.1, -0.05) is 12.1 Å². The second-order valence-corrected chi connectivity index (χ2v) is 5.59. The molecule has 1 aliphatic carbocycles. The molecule has 1 aromatic heterocycles. The summed E-state index contributed by atoms with van der Waals surface area (Å²) in [5, 5.41) is 1.21. The SMILES string of the molecule is NC1(CCc2coc3c(Br)cccc23)CC1. The highest BCUT2D eigenvalue weighted by Crippen LogP contribution is 2.38. The second-order valence-electron chi connectivity index (χ2n) is 4.74. The Hall–Kier alpha value is -0.800. The maximum absolute atomic E-state index is 6.10. The normalized spacial score (nSPS) is 17.9. The number of hydrogen-bond donors (Lipinski definition) is 1. The zero-order valence-electron chi connectivity index (χ0n) is 9.00. The van der Waals surface area contributed by atoms with Crippen molar-refractivity contribution in [3.63, 3.8) is 0 Å². The van der Waals surface area contributed by atoms with Crippen LogP contribution in [-0.4, -0.2) is 5.54 Å². The Labute approximate surface area is 103 Å². The number of nitrogens with two attached hydrogens (primary N) is 1. The van der Waals surface area contributed by atoms with Crippen LogP contribution in [0.3, 0.4) is 0 Å². The highest BCUT2D eigenvalue weighted by molar-refractivity contribution is 9.10. The van der Waals surface area contributed by atoms with E-state index in [1.165, 1.54) is 23.8 Å². The van der Waals surface area contributed by atoms with Crippen molar-refractivity contribution in [1.82, 2.24) is 0 Å². The summed E-state index contributed by atoms with van der Waals surface area (Å²) in [7, 11) is 0. The van der Waals surface area contributed by atoms with Crippen molar-refractivity contribution in [2.45, 2.75) is 31.2 Å². The van der Waals surface area contributed by atoms with Gasteiger partial charge in [0.25, 0.3) is 0 Å². The summed E-state index contributed by atoms with van der Waals surface area (Å²) in [4.78, 5) is 0. The molecule has 0 radical (unpaired) electrons. The zero-order valence-corrected chi connectivity index (χ0v) is 10.6. The fourth-order valence-electron chi connectivity index (χ4n) is 2.06. The predicted octanol–water partition coefficient (Wildman–Crippen LogP) is 3.62. The molecule has 0 spiro atoms. The molecule has 3 rings (SSSR count). The highest BCUT2D eigenvalue weighted by Gasteiger charge is 2.37. The van der Waals surface area contributed by atoms with Gasteiger partial charge >= 0.3 is 0 Å². The molecule has 1 fully saturated rings. The quantitative estimate of drug-likeness (QED) is 0.932. The summed E-state index contributed by atoms with van der Waals surface area (Å²) in [5.41, 5.74) is 8.43. The Morgan fingerprint density at radius 2 is 2.19 bits per heavy atom. The Bertz CT molecular complexity index is 528. The molecule has 0 amide bonds. The third-order valence-electron chi connectivity index (χ3n) is 3.42. The van der Waals surface area contributed by atoms with Crippen molar-refractivity contribution in [2.75, 3.05) is 0 Å². The minimum atomic E-state index is 0.121. The third-order valence-corrected chi connectivity index (χ3v) is 4.04. The number of aryl methyl sites for hydroxylation is 1. The van der Waals surface area contributed by atoms with Crippen LogP contribution in [0.15, 0.2) is 33.4 Å². The smallest absolute Gasteiger partial charge is 0.148 e. The van der Waals surface area contributed by atoms with E-state index >= 15 is 0 Å². The van der Waals surface area contributed by atoms with Crippen LogP contribution in [0.5, 0.6) is 0 Å². The average Bonchev–Trinajstić information content (AvgIpc) is 2.86. The minimum absolute atomic E-state index is 0.121. The number of halogens is 1. The molecule has 0 bridgehead atoms. The number of furan rings is 1. The van der Waals surface area contributed by atoms with Gasteiger partial charge in [0.1, 0.15) is 5.58 Å². The van der Waals surface area contributed by atoms with Gasteiger partial charge in [0.05, 0.1) is 10.7 Å². The van der Waals surface area contributed by atoms with E-state index in [0.29, 0.717) is 0 Å². The van der Waals surface area contributed by atoms with Gasteiger partial charge in [-0.25, -0.2) is 0 Å². The van der Waals surface area contributed by atoms with E-state index in [2.05, 4.69) is 22.0 Å². The molecule has 3 heteroatoms. The molecule has 0 saturated heterocycles. The molecule has 1 aliphatic rings. The van der Waals surface area contributed by atoms with Crippen LogP contribution in [0, 0.1) is 0 Å². The van der Waals surface area contributed by atoms with Crippen LogP contribution in [-0.2, 0) is 6.42 Å². The van der Waals surface area contributed by atoms with Crippen molar-refractivity contribution >= 4 is 26.9 Å². The monoisotopic (exact) mass is 279 g/mol. The minimum Gasteiger partial charge on any atom is -0.463 e. The lowest BCUT2D eigenvalue weighted by Crippen LogP contribution is -2.21. The van der Waals surface area contributed by atoms with Gasteiger partial charge in [-0.15, -0.1) is 0 Å². The van der Waals surface area contributed by atoms with Crippen molar-refractivity contribution < 1.29 is 4.42 Å². The summed E-state index contributed by atoms with van der Waals surface area (Å²) in [6.45, 7) is 0. The van der Waals surface area contributed by atoms with E-state index in [9.17, 15) is 0 Å². The molecule has 0 aliphatic heterocycles. The van der Waals surface area contributed by atoms with E-state index in [1.54, 1.807) is 0 Å². The van der Waals surface area contributed by atoms with Crippen molar-refractivity contribution in [3.8, 4) is 0 Å². The van der Waals surface area contributed by atoms with E-state index < -0.39 is 0 Å². The zero-order chi connectivity index (χ0) is 11.2. The first-order valence-corrected chi connectivity index (χ1v) is 6.41. The Morgan fingerprint density at radius 3 is 2.94 bits per heavy atom. The van der Waals surface area contributed by atoms with Gasteiger partial charge in [0.15, 0.2) is 0 Å². The number of benzene rings is 1. The predicted molar refractivity (Wildman–Crippen MR) is 68.4 cm³/mol. The van der Waals surface area contributed by atoms with Gasteiger partial charge in [-0.3, -0.25) is 0 Å². The van der Waals surface area contributed by atoms with Crippen LogP contribution < -0.4 is 5.73 Å². The second kappa shape index (κ2) is 3.60. The molecule has 16 heavy (non-hydrogen) atoms. The van der Waals surface area contributed by atoms with Gasteiger partial charge in [-0.05, 0) is 53.2 Å². The third kappa shape index (κ3) is 1.78. The number of fused-ring (bicyclic) bond motifs is 1. The van der Waals surface area contributed by atoms with E-state index in [4.69, 9.17) is 10.2 Å². The molecule has 1 saturated carbocycles. The van der Waals surface area contributed by atoms with E-state index in [-0.39, 0.29) is 5.54 Å². The number of rotatable bonds is 3. The first-order chi connectivity index (χ1) is 7.68. The van der Waals surface area contributed by atoms with E-state index in [0.717, 1.165) is 22.9 Å². The standard InChI is InChI=1S/C13H14BrNO/c14-11-3-1-2-10-9(8-16-12(10)11)4-5-13(15)6-7-13/h1-3,8H,4-7,15H2. The Kier molecular flexibility index (Phi) is 2.33. The number of para-hydroxylation sites is 1. The summed E-state index contributed by atoms with van der Waals surface area (Å²) in [6.07, 6.45) is 6.29. The molecule has 0 atom stereocenters. The molecule has 2 N–H and O–H groups in total. The van der Waals surface area contributed by atoms with Crippen LogP contribution in [0.2, 0.25) is 0 Å². The lowest BCUT2D eigenvalue weighted by Gasteiger charge is -2.06. The molecule has 0 unspecified atom stereocenters. The van der Waals surface area contributed by atoms with Gasteiger partial charge in [0.2, 0.25) is 0 Å². The average molecular weight is 280 g/mol. The van der Waals surface area contributed by atoms with Gasteiger partial charge < -0.3 is 10.2 Å². The summed E-state index contributed by atoms with van der Waals surface area (Å²) < 4.78 is 6.60. The summed E-state index contributed by atoms with van der Waals surface area (Å²) in [5.74, 6) is 0. The molecular weight excluding hydrogens is 266 g/mol. The first kappa shape index (κ1) is 10.4. The summed E-state index contributed by atoms with van der Waals surface area (Å²) >= 11 is 3.49. The van der Waals surface area contributed by atoms with Crippen molar-refractivity contribution in [3.05, 3.63) is 34.5 Å². The molecule has 1 heterocycles. The van der Waals surface area contributed by atoms with Gasteiger partial charge in [0, 0.05) is 10.9 Å². The molecule has 1 aromatic carbocycles. The topological polar surface area (TPSA) is 39.2 Å². The Morgan fingerprint density at radius 1 is 1.38 bits per heavy atom. The van der Waals surface area contributed by atoms with Crippen LogP contribution in [0.1, 0.15) is 24.8 Å². The van der Waals surface area contributed by atoms with Gasteiger partial charge in [-0.2, -0.15) is 0 Å². The van der Waals surface area contributed by atoms with Crippen LogP contribution in [0.4, 0.5) is 0 Å². The van der Waals surface area contributed by atoms with Crippen molar-refractivity contribution in [1.29, 1.82) is 0 Å². The van der Waals surface area contributed by atoms with Crippen LogP contribution in [0.25, 0.3) is 11.0 Å². The molecular formula is C13H14BrNO. The lowest BCUT2D eigenvalue weighted by atomic mass is 10.0.